The molecule has 0 aliphatic rings. The first-order valence-corrected chi connectivity index (χ1v) is 8.99. The molecule has 0 saturated heterocycles. The van der Waals surface area contributed by atoms with Crippen LogP contribution in [0.5, 0.6) is 11.5 Å². The molecule has 138 valence electrons. The fourth-order valence-electron chi connectivity index (χ4n) is 2.67. The molecule has 0 amide bonds. The number of ether oxygens (including phenoxy) is 4. The van der Waals surface area contributed by atoms with Crippen molar-refractivity contribution in [1.29, 1.82) is 0 Å². The van der Waals surface area contributed by atoms with E-state index >= 15 is 0 Å². The van der Waals surface area contributed by atoms with Crippen LogP contribution in [-0.2, 0) is 9.47 Å². The average molecular weight is 346 g/mol. The lowest BCUT2D eigenvalue weighted by atomic mass is 10.1. The third-order valence-electron chi connectivity index (χ3n) is 3.95. The van der Waals surface area contributed by atoms with Crippen LogP contribution >= 0.6 is 0 Å². The highest BCUT2D eigenvalue weighted by atomic mass is 16.5. The molecule has 25 heavy (non-hydrogen) atoms. The summed E-state index contributed by atoms with van der Waals surface area (Å²) in [5.41, 5.74) is 0. The van der Waals surface area contributed by atoms with Gasteiger partial charge in [0.1, 0.15) is 11.5 Å². The van der Waals surface area contributed by atoms with E-state index in [4.69, 9.17) is 18.9 Å². The van der Waals surface area contributed by atoms with Gasteiger partial charge in [0.05, 0.1) is 26.4 Å². The molecule has 0 N–H and O–H groups in total. The zero-order valence-corrected chi connectivity index (χ0v) is 15.8. The molecule has 0 bridgehead atoms. The quantitative estimate of drug-likeness (QED) is 0.598. The van der Waals surface area contributed by atoms with Gasteiger partial charge in [0.2, 0.25) is 0 Å². The average Bonchev–Trinajstić information content (AvgIpc) is 2.63. The summed E-state index contributed by atoms with van der Waals surface area (Å²) >= 11 is 0. The van der Waals surface area contributed by atoms with Gasteiger partial charge in [-0.1, -0.05) is 38.1 Å². The van der Waals surface area contributed by atoms with Gasteiger partial charge in [0.25, 0.3) is 0 Å². The molecule has 2 unspecified atom stereocenters. The van der Waals surface area contributed by atoms with Crippen molar-refractivity contribution in [2.24, 2.45) is 11.8 Å². The monoisotopic (exact) mass is 346 g/mol. The van der Waals surface area contributed by atoms with Gasteiger partial charge in [-0.3, -0.25) is 0 Å². The van der Waals surface area contributed by atoms with Crippen molar-refractivity contribution < 1.29 is 18.9 Å². The molecule has 0 aliphatic carbocycles. The minimum atomic E-state index is 0.346. The van der Waals surface area contributed by atoms with Crippen molar-refractivity contribution in [3.05, 3.63) is 36.4 Å². The molecule has 4 nitrogen and oxygen atoms in total. The molecule has 0 aromatic heterocycles. The van der Waals surface area contributed by atoms with Crippen LogP contribution in [0.15, 0.2) is 36.4 Å². The Morgan fingerprint density at radius 1 is 0.760 bits per heavy atom. The van der Waals surface area contributed by atoms with Crippen LogP contribution in [0.1, 0.15) is 20.8 Å². The Balaban J connectivity index is 2.08. The largest absolute Gasteiger partial charge is 0.493 e. The van der Waals surface area contributed by atoms with Gasteiger partial charge >= 0.3 is 0 Å². The SMILES string of the molecule is CCOCC(C)COc1cccc2c(OCC(C)COC)cccc12. The van der Waals surface area contributed by atoms with E-state index in [9.17, 15) is 0 Å². The molecule has 0 saturated carbocycles. The third-order valence-corrected chi connectivity index (χ3v) is 3.95. The lowest BCUT2D eigenvalue weighted by Crippen LogP contribution is -2.15. The molecule has 0 radical (unpaired) electrons. The number of fused-ring (bicyclic) bond motifs is 1. The topological polar surface area (TPSA) is 36.9 Å². The lowest BCUT2D eigenvalue weighted by molar-refractivity contribution is 0.0943. The number of rotatable bonds is 11. The smallest absolute Gasteiger partial charge is 0.127 e. The van der Waals surface area contributed by atoms with Crippen LogP contribution < -0.4 is 9.47 Å². The maximum absolute atomic E-state index is 6.04. The van der Waals surface area contributed by atoms with E-state index in [0.29, 0.717) is 38.3 Å². The lowest BCUT2D eigenvalue weighted by Gasteiger charge is -2.16. The van der Waals surface area contributed by atoms with Gasteiger partial charge in [0, 0.05) is 36.3 Å². The second-order valence-electron chi connectivity index (χ2n) is 6.55. The molecular weight excluding hydrogens is 316 g/mol. The highest BCUT2D eigenvalue weighted by Gasteiger charge is 2.10. The van der Waals surface area contributed by atoms with Crippen molar-refractivity contribution in [3.63, 3.8) is 0 Å². The molecule has 2 atom stereocenters. The fourth-order valence-corrected chi connectivity index (χ4v) is 2.67. The van der Waals surface area contributed by atoms with Crippen LogP contribution in [0.25, 0.3) is 10.8 Å². The van der Waals surface area contributed by atoms with Gasteiger partial charge in [0.15, 0.2) is 0 Å². The fraction of sp³-hybridized carbons (Fsp3) is 0.524. The molecule has 0 spiro atoms. The molecule has 0 fully saturated rings. The molecule has 4 heteroatoms. The Morgan fingerprint density at radius 3 is 1.76 bits per heavy atom. The van der Waals surface area contributed by atoms with Crippen molar-refractivity contribution >= 4 is 10.8 Å². The van der Waals surface area contributed by atoms with E-state index in [0.717, 1.165) is 28.9 Å². The normalized spacial score (nSPS) is 13.6. The number of benzene rings is 2. The van der Waals surface area contributed by atoms with Crippen molar-refractivity contribution in [3.8, 4) is 11.5 Å². The van der Waals surface area contributed by atoms with E-state index in [-0.39, 0.29) is 0 Å². The first kappa shape index (κ1) is 19.5. The van der Waals surface area contributed by atoms with Crippen LogP contribution in [0.4, 0.5) is 0 Å². The maximum Gasteiger partial charge on any atom is 0.127 e. The van der Waals surface area contributed by atoms with E-state index in [1.54, 1.807) is 7.11 Å². The second-order valence-corrected chi connectivity index (χ2v) is 6.55. The van der Waals surface area contributed by atoms with E-state index < -0.39 is 0 Å². The van der Waals surface area contributed by atoms with E-state index in [1.807, 2.05) is 31.2 Å². The maximum atomic E-state index is 6.04. The highest BCUT2D eigenvalue weighted by Crippen LogP contribution is 2.32. The van der Waals surface area contributed by atoms with Crippen LogP contribution in [-0.4, -0.2) is 40.1 Å². The van der Waals surface area contributed by atoms with Crippen LogP contribution in [0.3, 0.4) is 0 Å². The Bertz CT molecular complexity index is 641. The van der Waals surface area contributed by atoms with E-state index in [2.05, 4.69) is 26.0 Å². The van der Waals surface area contributed by atoms with Crippen molar-refractivity contribution in [1.82, 2.24) is 0 Å². The minimum absolute atomic E-state index is 0.346. The zero-order valence-electron chi connectivity index (χ0n) is 15.8. The van der Waals surface area contributed by atoms with Crippen LogP contribution in [0, 0.1) is 11.8 Å². The van der Waals surface area contributed by atoms with Crippen LogP contribution in [0.2, 0.25) is 0 Å². The number of hydrogen-bond acceptors (Lipinski definition) is 4. The summed E-state index contributed by atoms with van der Waals surface area (Å²) in [6, 6.07) is 12.2. The Kier molecular flexibility index (Phi) is 8.02. The first-order chi connectivity index (χ1) is 12.2. The predicted molar refractivity (Wildman–Crippen MR) is 102 cm³/mol. The Labute approximate surface area is 151 Å². The van der Waals surface area contributed by atoms with Gasteiger partial charge < -0.3 is 18.9 Å². The molecule has 2 aromatic rings. The molecule has 2 aromatic carbocycles. The van der Waals surface area contributed by atoms with Gasteiger partial charge in [-0.2, -0.15) is 0 Å². The molecule has 0 heterocycles. The minimum Gasteiger partial charge on any atom is -0.493 e. The summed E-state index contributed by atoms with van der Waals surface area (Å²) in [5, 5.41) is 2.14. The summed E-state index contributed by atoms with van der Waals surface area (Å²) < 4.78 is 22.7. The van der Waals surface area contributed by atoms with Crippen molar-refractivity contribution in [2.75, 3.05) is 40.1 Å². The van der Waals surface area contributed by atoms with Crippen molar-refractivity contribution in [2.45, 2.75) is 20.8 Å². The molecular formula is C21H30O4. The zero-order chi connectivity index (χ0) is 18.1. The standard InChI is InChI=1S/C21H30O4/c1-5-23-13-17(3)15-25-21-11-7-8-18-19(21)9-6-10-20(18)24-14-16(2)12-22-4/h6-11,16-17H,5,12-15H2,1-4H3. The summed E-state index contributed by atoms with van der Waals surface area (Å²) in [4.78, 5) is 0. The van der Waals surface area contributed by atoms with E-state index in [1.165, 1.54) is 0 Å². The van der Waals surface area contributed by atoms with Gasteiger partial charge in [-0.25, -0.2) is 0 Å². The number of methoxy groups -OCH3 is 1. The summed E-state index contributed by atoms with van der Waals surface area (Å²) in [6.45, 7) is 9.66. The number of hydrogen-bond donors (Lipinski definition) is 0. The van der Waals surface area contributed by atoms with Gasteiger partial charge in [-0.15, -0.1) is 0 Å². The predicted octanol–water partition coefficient (Wildman–Crippen LogP) is 4.55. The summed E-state index contributed by atoms with van der Waals surface area (Å²) in [6.07, 6.45) is 0. The molecule has 2 rings (SSSR count). The Hall–Kier alpha value is -1.78. The highest BCUT2D eigenvalue weighted by molar-refractivity contribution is 5.93. The second kappa shape index (κ2) is 10.3. The Morgan fingerprint density at radius 2 is 1.28 bits per heavy atom. The third kappa shape index (κ3) is 5.91. The van der Waals surface area contributed by atoms with Gasteiger partial charge in [-0.05, 0) is 19.1 Å². The summed E-state index contributed by atoms with van der Waals surface area (Å²) in [5.74, 6) is 2.47. The summed E-state index contributed by atoms with van der Waals surface area (Å²) in [7, 11) is 1.71. The first-order valence-electron chi connectivity index (χ1n) is 8.99. The molecule has 0 aliphatic heterocycles.